The molecule has 0 saturated heterocycles. The van der Waals surface area contributed by atoms with Crippen molar-refractivity contribution in [1.82, 2.24) is 50.1 Å². The van der Waals surface area contributed by atoms with E-state index in [-0.39, 0.29) is 0 Å². The third kappa shape index (κ3) is 5.84. The smallest absolute Gasteiger partial charge is 0.178 e. The summed E-state index contributed by atoms with van der Waals surface area (Å²) >= 11 is 0. The third-order valence-corrected chi connectivity index (χ3v) is 10.2. The number of hydrogen-bond acceptors (Lipinski definition) is 6. The van der Waals surface area contributed by atoms with Crippen LogP contribution in [0.1, 0.15) is 55.0 Å². The minimum Gasteiger partial charge on any atom is -0.354 e. The third-order valence-electron chi connectivity index (χ3n) is 10.2. The molecule has 0 atom stereocenters. The highest BCUT2D eigenvalue weighted by Gasteiger charge is 2.21. The van der Waals surface area contributed by atoms with Gasteiger partial charge in [-0.15, -0.1) is 0 Å². The van der Waals surface area contributed by atoms with Crippen molar-refractivity contribution in [3.05, 3.63) is 95.3 Å². The van der Waals surface area contributed by atoms with Gasteiger partial charge in [0, 0.05) is 76.2 Å². The largest absolute Gasteiger partial charge is 0.354 e. The predicted octanol–water partition coefficient (Wildman–Crippen LogP) is 7.77. The molecule has 10 nitrogen and oxygen atoms in total. The molecule has 0 unspecified atom stereocenters. The van der Waals surface area contributed by atoms with Crippen LogP contribution >= 0.6 is 0 Å². The number of rotatable bonds is 12. The molecule has 0 amide bonds. The van der Waals surface area contributed by atoms with E-state index in [4.69, 9.17) is 9.97 Å². The molecule has 1 aliphatic rings. The number of aryl methyl sites for hydroxylation is 1. The van der Waals surface area contributed by atoms with Crippen LogP contribution in [0.3, 0.4) is 0 Å². The zero-order valence-electron chi connectivity index (χ0n) is 28.8. The van der Waals surface area contributed by atoms with Crippen LogP contribution in [0.5, 0.6) is 0 Å². The fraction of sp³-hybridized carbons (Fsp3) is 0.300. The SMILES string of the molecule is CCN(CC)Cc1ccc2cc(-c3ccnc4nc(Cc5cnc6nc(C)[nH]c6c5-c5cc6cc(CNCC7CC7)ccc6[nH]5)[nH]c34)[nH]c2c1. The molecule has 1 fully saturated rings. The van der Waals surface area contributed by atoms with Crippen molar-refractivity contribution in [3.8, 4) is 22.5 Å². The lowest BCUT2D eigenvalue weighted by Gasteiger charge is -2.17. The van der Waals surface area contributed by atoms with E-state index >= 15 is 0 Å². The van der Waals surface area contributed by atoms with Crippen molar-refractivity contribution in [2.24, 2.45) is 5.92 Å². The number of aromatic amines is 4. The Kier molecular flexibility index (Phi) is 7.70. The molecule has 8 aromatic rings. The Morgan fingerprint density at radius 1 is 0.780 bits per heavy atom. The Balaban J connectivity index is 1.05. The molecule has 5 N–H and O–H groups in total. The number of pyridine rings is 2. The fourth-order valence-electron chi connectivity index (χ4n) is 7.29. The lowest BCUT2D eigenvalue weighted by Crippen LogP contribution is -2.21. The van der Waals surface area contributed by atoms with Gasteiger partial charge in [0.2, 0.25) is 0 Å². The standard InChI is InChI=1S/C40H42N10/c1-4-50(5-2)22-26-8-10-27-16-33(47-32(27)15-26)30-12-13-42-39-37(30)48-35(49-39)18-29-21-43-40-38(44-23(3)45-40)36(29)34-17-28-14-25(9-11-31(28)46-34)20-41-19-24-6-7-24/h8-17,21,24,41,46-47H,4-7,18-20,22H2,1-3H3,(H,42,48,49)(H,43,44,45). The van der Waals surface area contributed by atoms with Gasteiger partial charge in [0.25, 0.3) is 0 Å². The maximum atomic E-state index is 4.98. The van der Waals surface area contributed by atoms with E-state index < -0.39 is 0 Å². The van der Waals surface area contributed by atoms with Crippen LogP contribution in [0.2, 0.25) is 0 Å². The maximum Gasteiger partial charge on any atom is 0.178 e. The highest BCUT2D eigenvalue weighted by Crippen LogP contribution is 2.35. The van der Waals surface area contributed by atoms with E-state index in [9.17, 15) is 0 Å². The van der Waals surface area contributed by atoms with Crippen molar-refractivity contribution in [2.75, 3.05) is 19.6 Å². The monoisotopic (exact) mass is 662 g/mol. The molecule has 252 valence electrons. The van der Waals surface area contributed by atoms with E-state index in [2.05, 4.69) is 109 Å². The highest BCUT2D eigenvalue weighted by atomic mass is 15.1. The topological polar surface area (TPSA) is 130 Å². The second-order valence-corrected chi connectivity index (χ2v) is 13.8. The molecule has 0 radical (unpaired) electrons. The zero-order valence-corrected chi connectivity index (χ0v) is 28.8. The van der Waals surface area contributed by atoms with Gasteiger partial charge in [0.15, 0.2) is 11.3 Å². The van der Waals surface area contributed by atoms with Crippen molar-refractivity contribution in [3.63, 3.8) is 0 Å². The fourth-order valence-corrected chi connectivity index (χ4v) is 7.29. The summed E-state index contributed by atoms with van der Waals surface area (Å²) in [6.45, 7) is 11.4. The summed E-state index contributed by atoms with van der Waals surface area (Å²) < 4.78 is 0. The number of imidazole rings is 2. The van der Waals surface area contributed by atoms with Crippen LogP contribution in [0, 0.1) is 12.8 Å². The Hall–Kier alpha value is -5.32. The van der Waals surface area contributed by atoms with Crippen molar-refractivity contribution < 1.29 is 0 Å². The van der Waals surface area contributed by atoms with Crippen LogP contribution in [-0.4, -0.2) is 64.4 Å². The number of fused-ring (bicyclic) bond motifs is 4. The summed E-state index contributed by atoms with van der Waals surface area (Å²) in [6, 6.07) is 19.9. The molecule has 1 saturated carbocycles. The average molecular weight is 663 g/mol. The number of hydrogen-bond donors (Lipinski definition) is 5. The Morgan fingerprint density at radius 3 is 2.46 bits per heavy atom. The van der Waals surface area contributed by atoms with Crippen LogP contribution in [0.15, 0.2) is 67.0 Å². The zero-order chi connectivity index (χ0) is 33.8. The second-order valence-electron chi connectivity index (χ2n) is 13.8. The lowest BCUT2D eigenvalue weighted by molar-refractivity contribution is 0.296. The molecule has 2 aromatic carbocycles. The van der Waals surface area contributed by atoms with Crippen molar-refractivity contribution >= 4 is 44.1 Å². The number of nitrogens with zero attached hydrogens (tertiary/aromatic N) is 5. The normalized spacial score (nSPS) is 13.6. The van der Waals surface area contributed by atoms with Gasteiger partial charge in [0.1, 0.15) is 11.6 Å². The summed E-state index contributed by atoms with van der Waals surface area (Å²) in [6.07, 6.45) is 7.05. The first-order chi connectivity index (χ1) is 24.5. The van der Waals surface area contributed by atoms with Crippen LogP contribution < -0.4 is 5.32 Å². The van der Waals surface area contributed by atoms with E-state index in [0.29, 0.717) is 17.7 Å². The van der Waals surface area contributed by atoms with Gasteiger partial charge in [-0.2, -0.15) is 0 Å². The molecular formula is C40H42N10. The molecule has 6 aromatic heterocycles. The van der Waals surface area contributed by atoms with Gasteiger partial charge in [-0.25, -0.2) is 19.9 Å². The molecule has 0 spiro atoms. The average Bonchev–Trinajstić information content (AvgIpc) is 3.42. The second kappa shape index (κ2) is 12.5. The van der Waals surface area contributed by atoms with E-state index in [0.717, 1.165) is 100 Å². The molecule has 0 aliphatic heterocycles. The minimum atomic E-state index is 0.555. The molecule has 10 heteroatoms. The summed E-state index contributed by atoms with van der Waals surface area (Å²) in [5.41, 5.74) is 13.3. The lowest BCUT2D eigenvalue weighted by atomic mass is 10.0. The first kappa shape index (κ1) is 30.7. The van der Waals surface area contributed by atoms with Gasteiger partial charge in [0.05, 0.1) is 11.0 Å². The Bertz CT molecular complexity index is 2490. The summed E-state index contributed by atoms with van der Waals surface area (Å²) in [5, 5.41) is 6.00. The number of benzene rings is 2. The molecule has 9 rings (SSSR count). The van der Waals surface area contributed by atoms with Crippen molar-refractivity contribution in [1.29, 1.82) is 0 Å². The van der Waals surface area contributed by atoms with Gasteiger partial charge in [-0.3, -0.25) is 4.90 Å². The van der Waals surface area contributed by atoms with Gasteiger partial charge < -0.3 is 25.3 Å². The molecule has 0 bridgehead atoms. The Morgan fingerprint density at radius 2 is 1.60 bits per heavy atom. The predicted molar refractivity (Wildman–Crippen MR) is 201 cm³/mol. The van der Waals surface area contributed by atoms with E-state index in [1.165, 1.54) is 34.7 Å². The van der Waals surface area contributed by atoms with E-state index in [1.54, 1.807) is 0 Å². The number of nitrogens with one attached hydrogen (secondary N) is 5. The highest BCUT2D eigenvalue weighted by molar-refractivity contribution is 5.96. The molecule has 6 heterocycles. The number of aromatic nitrogens is 8. The first-order valence-corrected chi connectivity index (χ1v) is 17.9. The molecule has 1 aliphatic carbocycles. The summed E-state index contributed by atoms with van der Waals surface area (Å²) in [4.78, 5) is 36.0. The summed E-state index contributed by atoms with van der Waals surface area (Å²) in [5.74, 6) is 2.53. The first-order valence-electron chi connectivity index (χ1n) is 17.9. The van der Waals surface area contributed by atoms with Crippen molar-refractivity contribution in [2.45, 2.75) is 53.1 Å². The Labute approximate surface area is 290 Å². The molecular weight excluding hydrogens is 621 g/mol. The van der Waals surface area contributed by atoms with Gasteiger partial charge in [-0.1, -0.05) is 32.0 Å². The number of H-pyrrole nitrogens is 4. The minimum absolute atomic E-state index is 0.555. The van der Waals surface area contributed by atoms with E-state index in [1.807, 2.05) is 19.3 Å². The quantitative estimate of drug-likeness (QED) is 0.0909. The molecule has 50 heavy (non-hydrogen) atoms. The summed E-state index contributed by atoms with van der Waals surface area (Å²) in [7, 11) is 0. The van der Waals surface area contributed by atoms with Crippen LogP contribution in [-0.2, 0) is 19.5 Å². The van der Waals surface area contributed by atoms with Gasteiger partial charge in [-0.05, 0) is 98.4 Å². The van der Waals surface area contributed by atoms with Gasteiger partial charge >= 0.3 is 0 Å². The maximum absolute atomic E-state index is 4.98. The van der Waals surface area contributed by atoms with Crippen LogP contribution in [0.25, 0.3) is 66.6 Å². The van der Waals surface area contributed by atoms with Crippen LogP contribution in [0.4, 0.5) is 0 Å².